The Morgan fingerprint density at radius 3 is 2.12 bits per heavy atom. The van der Waals surface area contributed by atoms with E-state index in [1.54, 1.807) is 11.6 Å². The standard InChI is InChI=1S/C25H28N4O4/c1-6-29-21(16-11-13-19(14-12-16)25(3,4)5)22(30)20(28-29)15(2)26-27-23(31)17-7-9-18(10-8-17)24(32)33/h7-14,30H,6H2,1-5H3,(H,27,31)(H,32,33). The summed E-state index contributed by atoms with van der Waals surface area (Å²) < 4.78 is 1.70. The average molecular weight is 449 g/mol. The summed E-state index contributed by atoms with van der Waals surface area (Å²) in [6, 6.07) is 13.5. The Bertz CT molecular complexity index is 1200. The number of carbonyl (C=O) groups is 2. The van der Waals surface area contributed by atoms with E-state index in [4.69, 9.17) is 5.11 Å². The number of hydrogen-bond acceptors (Lipinski definition) is 5. The van der Waals surface area contributed by atoms with E-state index in [9.17, 15) is 14.7 Å². The highest BCUT2D eigenvalue weighted by molar-refractivity contribution is 6.02. The highest BCUT2D eigenvalue weighted by Gasteiger charge is 2.21. The second-order valence-electron chi connectivity index (χ2n) is 8.71. The smallest absolute Gasteiger partial charge is 0.335 e. The van der Waals surface area contributed by atoms with Crippen LogP contribution in [-0.2, 0) is 12.0 Å². The molecule has 8 nitrogen and oxygen atoms in total. The van der Waals surface area contributed by atoms with Crippen molar-refractivity contribution in [1.29, 1.82) is 0 Å². The topological polar surface area (TPSA) is 117 Å². The molecule has 0 spiro atoms. The summed E-state index contributed by atoms with van der Waals surface area (Å²) in [5.41, 5.74) is 6.00. The van der Waals surface area contributed by atoms with E-state index in [2.05, 4.69) is 36.4 Å². The number of benzene rings is 2. The van der Waals surface area contributed by atoms with Crippen LogP contribution in [0.5, 0.6) is 5.75 Å². The van der Waals surface area contributed by atoms with Gasteiger partial charge in [-0.15, -0.1) is 0 Å². The fourth-order valence-corrected chi connectivity index (χ4v) is 3.36. The minimum atomic E-state index is -1.07. The van der Waals surface area contributed by atoms with Gasteiger partial charge in [-0.05, 0) is 49.1 Å². The quantitative estimate of drug-likeness (QED) is 0.381. The van der Waals surface area contributed by atoms with Crippen LogP contribution in [-0.4, -0.2) is 37.6 Å². The number of aromatic nitrogens is 2. The maximum Gasteiger partial charge on any atom is 0.335 e. The van der Waals surface area contributed by atoms with Crippen LogP contribution in [0.15, 0.2) is 53.6 Å². The number of aromatic carboxylic acids is 1. The lowest BCUT2D eigenvalue weighted by atomic mass is 9.86. The third kappa shape index (κ3) is 5.11. The van der Waals surface area contributed by atoms with E-state index in [0.29, 0.717) is 18.0 Å². The van der Waals surface area contributed by atoms with Crippen LogP contribution in [0, 0.1) is 0 Å². The van der Waals surface area contributed by atoms with Gasteiger partial charge in [0.2, 0.25) is 0 Å². The zero-order chi connectivity index (χ0) is 24.3. The lowest BCUT2D eigenvalue weighted by Gasteiger charge is -2.19. The molecule has 0 aliphatic rings. The molecule has 0 unspecified atom stereocenters. The van der Waals surface area contributed by atoms with Crippen molar-refractivity contribution < 1.29 is 19.8 Å². The molecule has 172 valence electrons. The van der Waals surface area contributed by atoms with Gasteiger partial charge in [-0.25, -0.2) is 10.2 Å². The number of carboxylic acid groups (broad SMARTS) is 1. The molecular formula is C25H28N4O4. The third-order valence-electron chi connectivity index (χ3n) is 5.31. The number of carbonyl (C=O) groups excluding carboxylic acids is 1. The van der Waals surface area contributed by atoms with Crippen molar-refractivity contribution in [3.05, 3.63) is 70.9 Å². The van der Waals surface area contributed by atoms with E-state index in [1.165, 1.54) is 29.8 Å². The predicted molar refractivity (Wildman–Crippen MR) is 127 cm³/mol. The predicted octanol–water partition coefficient (Wildman–Crippen LogP) is 4.43. The number of hydrogen-bond donors (Lipinski definition) is 3. The van der Waals surface area contributed by atoms with Gasteiger partial charge in [-0.3, -0.25) is 9.48 Å². The first-order valence-corrected chi connectivity index (χ1v) is 10.6. The van der Waals surface area contributed by atoms with Gasteiger partial charge in [-0.1, -0.05) is 45.0 Å². The van der Waals surface area contributed by atoms with Crippen molar-refractivity contribution in [2.45, 2.75) is 46.6 Å². The molecule has 1 aromatic heterocycles. The summed E-state index contributed by atoms with van der Waals surface area (Å²) in [5.74, 6) is -1.58. The van der Waals surface area contributed by atoms with Crippen LogP contribution in [0.2, 0.25) is 0 Å². The number of aromatic hydroxyl groups is 1. The van der Waals surface area contributed by atoms with E-state index in [-0.39, 0.29) is 28.0 Å². The summed E-state index contributed by atoms with van der Waals surface area (Å²) in [4.78, 5) is 23.3. The highest BCUT2D eigenvalue weighted by Crippen LogP contribution is 2.34. The molecule has 33 heavy (non-hydrogen) atoms. The second kappa shape index (κ2) is 9.28. The average Bonchev–Trinajstić information content (AvgIpc) is 3.13. The van der Waals surface area contributed by atoms with Gasteiger partial charge in [-0.2, -0.15) is 10.2 Å². The molecule has 3 aromatic rings. The largest absolute Gasteiger partial charge is 0.504 e. The first-order chi connectivity index (χ1) is 15.5. The fourth-order valence-electron chi connectivity index (χ4n) is 3.36. The minimum absolute atomic E-state index is 0.0123. The van der Waals surface area contributed by atoms with Crippen LogP contribution in [0.25, 0.3) is 11.3 Å². The lowest BCUT2D eigenvalue weighted by Crippen LogP contribution is -2.19. The fraction of sp³-hybridized carbons (Fsp3) is 0.280. The molecule has 0 saturated carbocycles. The zero-order valence-corrected chi connectivity index (χ0v) is 19.4. The molecule has 0 fully saturated rings. The number of aryl methyl sites for hydroxylation is 1. The SMILES string of the molecule is CCn1nc(C(C)=NNC(=O)c2ccc(C(=O)O)cc2)c(O)c1-c1ccc(C(C)(C)C)cc1. The van der Waals surface area contributed by atoms with Gasteiger partial charge in [0, 0.05) is 17.7 Å². The van der Waals surface area contributed by atoms with Crippen LogP contribution < -0.4 is 5.43 Å². The second-order valence-corrected chi connectivity index (χ2v) is 8.71. The lowest BCUT2D eigenvalue weighted by molar-refractivity contribution is 0.0696. The zero-order valence-electron chi connectivity index (χ0n) is 19.4. The van der Waals surface area contributed by atoms with Crippen molar-refractivity contribution >= 4 is 17.6 Å². The van der Waals surface area contributed by atoms with Crippen LogP contribution in [0.4, 0.5) is 0 Å². The molecule has 1 heterocycles. The highest BCUT2D eigenvalue weighted by atomic mass is 16.4. The molecule has 0 aliphatic carbocycles. The van der Waals surface area contributed by atoms with Crippen molar-refractivity contribution in [3.63, 3.8) is 0 Å². The summed E-state index contributed by atoms with van der Waals surface area (Å²) in [7, 11) is 0. The molecule has 0 atom stereocenters. The molecule has 0 aliphatic heterocycles. The van der Waals surface area contributed by atoms with Crippen molar-refractivity contribution in [1.82, 2.24) is 15.2 Å². The van der Waals surface area contributed by atoms with Gasteiger partial charge < -0.3 is 10.2 Å². The van der Waals surface area contributed by atoms with Crippen molar-refractivity contribution in [2.24, 2.45) is 5.10 Å². The van der Waals surface area contributed by atoms with Crippen molar-refractivity contribution in [3.8, 4) is 17.0 Å². The third-order valence-corrected chi connectivity index (χ3v) is 5.31. The molecule has 0 saturated heterocycles. The maximum atomic E-state index is 12.4. The number of amides is 1. The van der Waals surface area contributed by atoms with Crippen LogP contribution >= 0.6 is 0 Å². The Kier molecular flexibility index (Phi) is 6.67. The Balaban J connectivity index is 1.85. The van der Waals surface area contributed by atoms with Gasteiger partial charge >= 0.3 is 5.97 Å². The van der Waals surface area contributed by atoms with Crippen LogP contribution in [0.3, 0.4) is 0 Å². The first kappa shape index (κ1) is 23.7. The number of rotatable bonds is 6. The van der Waals surface area contributed by atoms with Gasteiger partial charge in [0.1, 0.15) is 5.69 Å². The normalized spacial score (nSPS) is 12.0. The minimum Gasteiger partial charge on any atom is -0.504 e. The number of carboxylic acids is 1. The Morgan fingerprint density at radius 1 is 1.03 bits per heavy atom. The Morgan fingerprint density at radius 2 is 1.61 bits per heavy atom. The van der Waals surface area contributed by atoms with Gasteiger partial charge in [0.05, 0.1) is 11.3 Å². The summed E-state index contributed by atoms with van der Waals surface area (Å²) >= 11 is 0. The summed E-state index contributed by atoms with van der Waals surface area (Å²) in [6.45, 7) is 10.5. The number of nitrogens with one attached hydrogen (secondary N) is 1. The summed E-state index contributed by atoms with van der Waals surface area (Å²) in [5, 5.41) is 28.4. The van der Waals surface area contributed by atoms with E-state index >= 15 is 0 Å². The number of nitrogens with zero attached hydrogens (tertiary/aromatic N) is 3. The van der Waals surface area contributed by atoms with Crippen molar-refractivity contribution in [2.75, 3.05) is 0 Å². The van der Waals surface area contributed by atoms with Crippen LogP contribution in [0.1, 0.15) is 66.6 Å². The maximum absolute atomic E-state index is 12.4. The molecule has 3 N–H and O–H groups in total. The Hall–Kier alpha value is -3.94. The summed E-state index contributed by atoms with van der Waals surface area (Å²) in [6.07, 6.45) is 0. The van der Waals surface area contributed by atoms with E-state index < -0.39 is 11.9 Å². The molecule has 2 aromatic carbocycles. The monoisotopic (exact) mass is 448 g/mol. The molecule has 0 radical (unpaired) electrons. The molecule has 1 amide bonds. The van der Waals surface area contributed by atoms with E-state index in [0.717, 1.165) is 5.56 Å². The molecule has 8 heteroatoms. The molecule has 0 bridgehead atoms. The first-order valence-electron chi connectivity index (χ1n) is 10.6. The van der Waals surface area contributed by atoms with Gasteiger partial charge in [0.25, 0.3) is 5.91 Å². The van der Waals surface area contributed by atoms with E-state index in [1.807, 2.05) is 31.2 Å². The molecular weight excluding hydrogens is 420 g/mol. The number of hydrazone groups is 1. The Labute approximate surface area is 192 Å². The van der Waals surface area contributed by atoms with Gasteiger partial charge in [0.15, 0.2) is 11.4 Å². The molecule has 3 rings (SSSR count).